The molecule has 3 amide bonds. The van der Waals surface area contributed by atoms with Crippen LogP contribution in [0.1, 0.15) is 34.3 Å². The van der Waals surface area contributed by atoms with E-state index < -0.39 is 11.9 Å². The molecule has 9 nitrogen and oxygen atoms in total. The molecule has 1 saturated heterocycles. The van der Waals surface area contributed by atoms with Gasteiger partial charge in [0.05, 0.1) is 0 Å². The molecule has 29 heavy (non-hydrogen) atoms. The Hall–Kier alpha value is -3.33. The molecule has 4 rings (SSSR count). The molecule has 2 aromatic rings. The molecule has 2 aliphatic heterocycles. The summed E-state index contributed by atoms with van der Waals surface area (Å²) in [4.78, 5) is 40.2. The summed E-state index contributed by atoms with van der Waals surface area (Å²) >= 11 is 0. The average Bonchev–Trinajstić information content (AvgIpc) is 3.06. The summed E-state index contributed by atoms with van der Waals surface area (Å²) in [6.45, 7) is 1.91. The molecule has 1 fully saturated rings. The Morgan fingerprint density at radius 1 is 1.21 bits per heavy atom. The van der Waals surface area contributed by atoms with Crippen molar-refractivity contribution in [3.05, 3.63) is 53.2 Å². The van der Waals surface area contributed by atoms with Crippen molar-refractivity contribution < 1.29 is 14.4 Å². The summed E-state index contributed by atoms with van der Waals surface area (Å²) in [5.41, 5.74) is 8.25. The Labute approximate surface area is 167 Å². The molecule has 1 atom stereocenters. The first-order chi connectivity index (χ1) is 14.1. The van der Waals surface area contributed by atoms with Gasteiger partial charge in [-0.3, -0.25) is 19.7 Å². The summed E-state index contributed by atoms with van der Waals surface area (Å²) in [5.74, 6) is -0.172. The van der Waals surface area contributed by atoms with Gasteiger partial charge < -0.3 is 15.5 Å². The molecular formula is C20H22N6O3. The van der Waals surface area contributed by atoms with Crippen molar-refractivity contribution in [3.8, 4) is 0 Å². The highest BCUT2D eigenvalue weighted by atomic mass is 16.2. The quantitative estimate of drug-likeness (QED) is 0.671. The van der Waals surface area contributed by atoms with Crippen molar-refractivity contribution in [2.24, 2.45) is 5.73 Å². The number of imide groups is 1. The minimum atomic E-state index is -0.624. The fraction of sp³-hybridized carbons (Fsp3) is 0.350. The Bertz CT molecular complexity index is 948. The molecule has 9 heteroatoms. The molecule has 1 aromatic heterocycles. The highest BCUT2D eigenvalue weighted by molar-refractivity contribution is 6.05. The lowest BCUT2D eigenvalue weighted by Gasteiger charge is -2.29. The van der Waals surface area contributed by atoms with Crippen LogP contribution in [0.3, 0.4) is 0 Å². The minimum Gasteiger partial charge on any atom is -0.350 e. The van der Waals surface area contributed by atoms with Gasteiger partial charge in [0, 0.05) is 44.4 Å². The van der Waals surface area contributed by atoms with Gasteiger partial charge in [-0.05, 0) is 35.7 Å². The number of amides is 3. The van der Waals surface area contributed by atoms with Crippen molar-refractivity contribution in [3.63, 3.8) is 0 Å². The highest BCUT2D eigenvalue weighted by Gasteiger charge is 2.39. The standard InChI is InChI=1S/C20H22N6O3/c21-8-10-25(17-5-2-9-22-24-17)11-13-3-1-4-14-15(13)12-26(20(14)29)16-6-7-18(27)23-19(16)28/h1-5,9,16H,6-8,10-12,21H2,(H,23,27,28). The third-order valence-electron chi connectivity index (χ3n) is 5.32. The largest absolute Gasteiger partial charge is 0.350 e. The molecule has 0 bridgehead atoms. The van der Waals surface area contributed by atoms with E-state index in [9.17, 15) is 14.4 Å². The van der Waals surface area contributed by atoms with Crippen LogP contribution in [0.2, 0.25) is 0 Å². The monoisotopic (exact) mass is 394 g/mol. The molecule has 3 heterocycles. The lowest BCUT2D eigenvalue weighted by Crippen LogP contribution is -2.52. The number of hydrogen-bond donors (Lipinski definition) is 2. The van der Waals surface area contributed by atoms with E-state index in [0.717, 1.165) is 11.1 Å². The number of anilines is 1. The fourth-order valence-corrected chi connectivity index (χ4v) is 3.90. The molecule has 2 aliphatic rings. The second kappa shape index (κ2) is 7.96. The van der Waals surface area contributed by atoms with Crippen LogP contribution in [0.25, 0.3) is 0 Å². The molecular weight excluding hydrogens is 372 g/mol. The van der Waals surface area contributed by atoms with Crippen molar-refractivity contribution >= 4 is 23.5 Å². The molecule has 1 unspecified atom stereocenters. The van der Waals surface area contributed by atoms with Gasteiger partial charge in [0.1, 0.15) is 6.04 Å². The lowest BCUT2D eigenvalue weighted by molar-refractivity contribution is -0.136. The maximum absolute atomic E-state index is 13.0. The van der Waals surface area contributed by atoms with Crippen molar-refractivity contribution in [1.29, 1.82) is 0 Å². The first-order valence-corrected chi connectivity index (χ1v) is 9.56. The van der Waals surface area contributed by atoms with Crippen molar-refractivity contribution in [2.75, 3.05) is 18.0 Å². The number of hydrogen-bond acceptors (Lipinski definition) is 7. The predicted molar refractivity (Wildman–Crippen MR) is 105 cm³/mol. The number of benzene rings is 1. The molecule has 0 spiro atoms. The summed E-state index contributed by atoms with van der Waals surface area (Å²) in [6, 6.07) is 8.66. The van der Waals surface area contributed by atoms with E-state index >= 15 is 0 Å². The van der Waals surface area contributed by atoms with Gasteiger partial charge in [0.25, 0.3) is 5.91 Å². The minimum absolute atomic E-state index is 0.179. The van der Waals surface area contributed by atoms with E-state index in [1.165, 1.54) is 0 Å². The Morgan fingerprint density at radius 2 is 2.07 bits per heavy atom. The van der Waals surface area contributed by atoms with Gasteiger partial charge in [-0.15, -0.1) is 5.10 Å². The number of carbonyl (C=O) groups is 3. The number of aromatic nitrogens is 2. The average molecular weight is 394 g/mol. The molecule has 1 aromatic carbocycles. The number of rotatable bonds is 6. The third kappa shape index (κ3) is 3.68. The zero-order chi connectivity index (χ0) is 20.4. The summed E-state index contributed by atoms with van der Waals surface area (Å²) in [5, 5.41) is 10.4. The summed E-state index contributed by atoms with van der Waals surface area (Å²) in [6.07, 6.45) is 2.19. The van der Waals surface area contributed by atoms with Crippen LogP contribution in [0.15, 0.2) is 36.5 Å². The van der Waals surface area contributed by atoms with Gasteiger partial charge in [-0.1, -0.05) is 12.1 Å². The maximum atomic E-state index is 13.0. The molecule has 0 radical (unpaired) electrons. The fourth-order valence-electron chi connectivity index (χ4n) is 3.90. The lowest BCUT2D eigenvalue weighted by atomic mass is 10.0. The van der Waals surface area contributed by atoms with Gasteiger partial charge in [-0.2, -0.15) is 5.10 Å². The Morgan fingerprint density at radius 3 is 2.79 bits per heavy atom. The first kappa shape index (κ1) is 19.0. The number of nitrogens with one attached hydrogen (secondary N) is 1. The number of nitrogens with zero attached hydrogens (tertiary/aromatic N) is 4. The topological polar surface area (TPSA) is 122 Å². The van der Waals surface area contributed by atoms with Gasteiger partial charge in [-0.25, -0.2) is 0 Å². The van der Waals surface area contributed by atoms with E-state index in [2.05, 4.69) is 15.5 Å². The zero-order valence-electron chi connectivity index (χ0n) is 15.9. The number of fused-ring (bicyclic) bond motifs is 1. The van der Waals surface area contributed by atoms with Crippen molar-refractivity contribution in [1.82, 2.24) is 20.4 Å². The Kier molecular flexibility index (Phi) is 5.22. The van der Waals surface area contributed by atoms with Crippen LogP contribution in [0.4, 0.5) is 5.82 Å². The summed E-state index contributed by atoms with van der Waals surface area (Å²) in [7, 11) is 0. The second-order valence-electron chi connectivity index (χ2n) is 7.14. The van der Waals surface area contributed by atoms with E-state index in [1.54, 1.807) is 17.2 Å². The Balaban J connectivity index is 1.59. The number of carbonyl (C=O) groups excluding carboxylic acids is 3. The SMILES string of the molecule is NCCN(Cc1cccc2c1CN(C1CCC(=O)NC1=O)C2=O)c1cccnn1. The van der Waals surface area contributed by atoms with Crippen LogP contribution < -0.4 is 16.0 Å². The van der Waals surface area contributed by atoms with E-state index in [1.807, 2.05) is 29.2 Å². The molecule has 3 N–H and O–H groups in total. The van der Waals surface area contributed by atoms with Gasteiger partial charge in [0.2, 0.25) is 11.8 Å². The second-order valence-corrected chi connectivity index (χ2v) is 7.14. The zero-order valence-corrected chi connectivity index (χ0v) is 15.9. The van der Waals surface area contributed by atoms with E-state index in [-0.39, 0.29) is 18.2 Å². The summed E-state index contributed by atoms with van der Waals surface area (Å²) < 4.78 is 0. The van der Waals surface area contributed by atoms with Crippen LogP contribution in [-0.2, 0) is 22.7 Å². The van der Waals surface area contributed by atoms with Crippen LogP contribution in [0, 0.1) is 0 Å². The van der Waals surface area contributed by atoms with E-state index in [0.29, 0.717) is 44.0 Å². The normalized spacial score (nSPS) is 18.6. The predicted octanol–water partition coefficient (Wildman–Crippen LogP) is 0.203. The van der Waals surface area contributed by atoms with Crippen LogP contribution in [0.5, 0.6) is 0 Å². The van der Waals surface area contributed by atoms with Gasteiger partial charge in [0.15, 0.2) is 5.82 Å². The van der Waals surface area contributed by atoms with Crippen molar-refractivity contribution in [2.45, 2.75) is 32.0 Å². The smallest absolute Gasteiger partial charge is 0.255 e. The van der Waals surface area contributed by atoms with Crippen LogP contribution in [-0.4, -0.2) is 52.0 Å². The maximum Gasteiger partial charge on any atom is 0.255 e. The molecule has 150 valence electrons. The third-order valence-corrected chi connectivity index (χ3v) is 5.32. The number of nitrogens with two attached hydrogens (primary N) is 1. The van der Waals surface area contributed by atoms with Crippen LogP contribution >= 0.6 is 0 Å². The van der Waals surface area contributed by atoms with E-state index in [4.69, 9.17) is 5.73 Å². The number of piperidine rings is 1. The molecule has 0 aliphatic carbocycles. The highest BCUT2D eigenvalue weighted by Crippen LogP contribution is 2.30. The molecule has 0 saturated carbocycles. The first-order valence-electron chi connectivity index (χ1n) is 9.56. The van der Waals surface area contributed by atoms with Gasteiger partial charge >= 0.3 is 0 Å².